The zero-order chi connectivity index (χ0) is 9.38. The smallest absolute Gasteiger partial charge is 0.263 e. The molecule has 14 heavy (non-hydrogen) atoms. The van der Waals surface area contributed by atoms with Gasteiger partial charge in [0.05, 0.1) is 0 Å². The van der Waals surface area contributed by atoms with Crippen LogP contribution in [0.2, 0.25) is 0 Å². The zero-order valence-corrected chi connectivity index (χ0v) is 7.27. The van der Waals surface area contributed by atoms with E-state index in [9.17, 15) is 0 Å². The predicted octanol–water partition coefficient (Wildman–Crippen LogP) is 2.22. The maximum atomic E-state index is 5.10. The third kappa shape index (κ3) is 1.01. The first-order chi connectivity index (χ1) is 6.93. The van der Waals surface area contributed by atoms with Crippen LogP contribution < -0.4 is 0 Å². The molecule has 1 N–H and O–H groups in total. The van der Waals surface area contributed by atoms with E-state index in [2.05, 4.69) is 15.2 Å². The average Bonchev–Trinajstić information content (AvgIpc) is 2.86. The molecule has 0 amide bonds. The lowest BCUT2D eigenvalue weighted by Gasteiger charge is -1.85. The number of fused-ring (bicyclic) bond motifs is 1. The lowest BCUT2D eigenvalue weighted by atomic mass is 10.2. The van der Waals surface area contributed by atoms with Gasteiger partial charge in [0.15, 0.2) is 0 Å². The second kappa shape index (κ2) is 2.70. The number of aromatic amines is 1. The Morgan fingerprint density at radius 1 is 1.21 bits per heavy atom. The minimum Gasteiger partial charge on any atom is -0.422 e. The largest absolute Gasteiger partial charge is 0.422 e. The molecule has 0 radical (unpaired) electrons. The molecule has 4 nitrogen and oxygen atoms in total. The van der Waals surface area contributed by atoms with E-state index in [1.807, 2.05) is 30.3 Å². The molecule has 3 aromatic rings. The van der Waals surface area contributed by atoms with Gasteiger partial charge >= 0.3 is 0 Å². The maximum Gasteiger partial charge on any atom is 0.263 e. The highest BCUT2D eigenvalue weighted by Crippen LogP contribution is 2.21. The van der Waals surface area contributed by atoms with Crippen LogP contribution in [-0.2, 0) is 0 Å². The molecule has 0 aliphatic heterocycles. The van der Waals surface area contributed by atoms with Crippen molar-refractivity contribution < 1.29 is 4.42 Å². The first kappa shape index (κ1) is 7.32. The molecule has 0 spiro atoms. The van der Waals surface area contributed by atoms with Gasteiger partial charge in [0.2, 0.25) is 6.39 Å². The number of nitrogens with one attached hydrogen (secondary N) is 1. The number of H-pyrrole nitrogens is 1. The quantitative estimate of drug-likeness (QED) is 0.632. The number of benzene rings is 1. The van der Waals surface area contributed by atoms with Crippen molar-refractivity contribution in [3.05, 3.63) is 36.7 Å². The van der Waals surface area contributed by atoms with E-state index in [4.69, 9.17) is 4.42 Å². The summed E-state index contributed by atoms with van der Waals surface area (Å²) in [6, 6.07) is 10.0. The van der Waals surface area contributed by atoms with Gasteiger partial charge in [-0.25, -0.2) is 0 Å². The van der Waals surface area contributed by atoms with E-state index in [1.54, 1.807) is 0 Å². The van der Waals surface area contributed by atoms with E-state index in [0.29, 0.717) is 5.89 Å². The number of para-hydroxylation sites is 1. The molecule has 0 unspecified atom stereocenters. The molecule has 2 aromatic heterocycles. The molecule has 0 atom stereocenters. The number of hydrogen-bond donors (Lipinski definition) is 1. The number of rotatable bonds is 1. The van der Waals surface area contributed by atoms with Crippen LogP contribution in [-0.4, -0.2) is 15.2 Å². The SMILES string of the molecule is c1ccc2[nH]c(-c3nnco3)cc2c1. The highest BCUT2D eigenvalue weighted by molar-refractivity contribution is 5.84. The first-order valence-corrected chi connectivity index (χ1v) is 4.28. The summed E-state index contributed by atoms with van der Waals surface area (Å²) in [5, 5.41) is 8.61. The summed E-state index contributed by atoms with van der Waals surface area (Å²) in [7, 11) is 0. The summed E-state index contributed by atoms with van der Waals surface area (Å²) in [6.45, 7) is 0. The summed E-state index contributed by atoms with van der Waals surface area (Å²) in [5.41, 5.74) is 1.92. The minimum absolute atomic E-state index is 0.515. The molecule has 0 aliphatic rings. The number of nitrogens with zero attached hydrogens (tertiary/aromatic N) is 2. The molecule has 0 aliphatic carbocycles. The van der Waals surface area contributed by atoms with Crippen LogP contribution in [0, 0.1) is 0 Å². The molecular formula is C10H7N3O. The summed E-state index contributed by atoms with van der Waals surface area (Å²) >= 11 is 0. The molecule has 0 saturated heterocycles. The maximum absolute atomic E-state index is 5.10. The standard InChI is InChI=1S/C10H7N3O/c1-2-4-8-7(3-1)5-9(12-8)10-13-11-6-14-10/h1-6,12H. The Labute approximate surface area is 79.6 Å². The fourth-order valence-electron chi connectivity index (χ4n) is 1.48. The van der Waals surface area contributed by atoms with Gasteiger partial charge < -0.3 is 9.40 Å². The second-order valence-electron chi connectivity index (χ2n) is 3.01. The Kier molecular flexibility index (Phi) is 1.41. The molecular weight excluding hydrogens is 178 g/mol. The van der Waals surface area contributed by atoms with Crippen molar-refractivity contribution in [1.82, 2.24) is 15.2 Å². The lowest BCUT2D eigenvalue weighted by Crippen LogP contribution is -1.75. The minimum atomic E-state index is 0.515. The van der Waals surface area contributed by atoms with Crippen LogP contribution >= 0.6 is 0 Å². The van der Waals surface area contributed by atoms with E-state index in [-0.39, 0.29) is 0 Å². The third-order valence-electron chi connectivity index (χ3n) is 2.12. The molecule has 0 fully saturated rings. The van der Waals surface area contributed by atoms with Crippen LogP contribution in [0.1, 0.15) is 0 Å². The summed E-state index contributed by atoms with van der Waals surface area (Å²) in [5.74, 6) is 0.515. The summed E-state index contributed by atoms with van der Waals surface area (Å²) < 4.78 is 5.10. The van der Waals surface area contributed by atoms with Gasteiger partial charge in [-0.1, -0.05) is 18.2 Å². The van der Waals surface area contributed by atoms with Gasteiger partial charge in [-0.2, -0.15) is 0 Å². The van der Waals surface area contributed by atoms with Crippen LogP contribution in [0.25, 0.3) is 22.5 Å². The van der Waals surface area contributed by atoms with Gasteiger partial charge in [-0.3, -0.25) is 0 Å². The molecule has 4 heteroatoms. The van der Waals surface area contributed by atoms with E-state index >= 15 is 0 Å². The second-order valence-corrected chi connectivity index (χ2v) is 3.01. The Bertz CT molecular complexity index is 521. The summed E-state index contributed by atoms with van der Waals surface area (Å²) in [4.78, 5) is 3.20. The number of hydrogen-bond acceptors (Lipinski definition) is 3. The molecule has 3 rings (SSSR count). The van der Waals surface area contributed by atoms with Gasteiger partial charge in [0.1, 0.15) is 5.69 Å². The van der Waals surface area contributed by atoms with Gasteiger partial charge in [0.25, 0.3) is 5.89 Å². The molecule has 0 saturated carbocycles. The summed E-state index contributed by atoms with van der Waals surface area (Å²) in [6.07, 6.45) is 1.32. The van der Waals surface area contributed by atoms with E-state index in [1.165, 1.54) is 6.39 Å². The van der Waals surface area contributed by atoms with Crippen molar-refractivity contribution in [2.45, 2.75) is 0 Å². The fraction of sp³-hybridized carbons (Fsp3) is 0. The Balaban J connectivity index is 2.24. The monoisotopic (exact) mass is 185 g/mol. The first-order valence-electron chi connectivity index (χ1n) is 4.28. The van der Waals surface area contributed by atoms with E-state index in [0.717, 1.165) is 16.6 Å². The van der Waals surface area contributed by atoms with Crippen molar-refractivity contribution in [1.29, 1.82) is 0 Å². The van der Waals surface area contributed by atoms with Crippen LogP contribution in [0.15, 0.2) is 41.1 Å². The Morgan fingerprint density at radius 3 is 2.93 bits per heavy atom. The van der Waals surface area contributed by atoms with Crippen molar-refractivity contribution in [2.75, 3.05) is 0 Å². The lowest BCUT2D eigenvalue weighted by molar-refractivity contribution is 0.567. The predicted molar refractivity (Wildman–Crippen MR) is 51.6 cm³/mol. The molecule has 0 bridgehead atoms. The molecule has 2 heterocycles. The molecule has 68 valence electrons. The van der Waals surface area contributed by atoms with Crippen LogP contribution in [0.3, 0.4) is 0 Å². The molecule has 1 aromatic carbocycles. The average molecular weight is 185 g/mol. The normalized spacial score (nSPS) is 10.9. The van der Waals surface area contributed by atoms with Crippen molar-refractivity contribution in [3.63, 3.8) is 0 Å². The van der Waals surface area contributed by atoms with E-state index < -0.39 is 0 Å². The van der Waals surface area contributed by atoms with Gasteiger partial charge in [-0.05, 0) is 12.1 Å². The topological polar surface area (TPSA) is 54.7 Å². The van der Waals surface area contributed by atoms with Crippen LogP contribution in [0.5, 0.6) is 0 Å². The Morgan fingerprint density at radius 2 is 2.14 bits per heavy atom. The highest BCUT2D eigenvalue weighted by atomic mass is 16.4. The van der Waals surface area contributed by atoms with Crippen molar-refractivity contribution in [3.8, 4) is 11.6 Å². The zero-order valence-electron chi connectivity index (χ0n) is 7.27. The Hall–Kier alpha value is -2.10. The van der Waals surface area contributed by atoms with Crippen LogP contribution in [0.4, 0.5) is 0 Å². The van der Waals surface area contributed by atoms with Gasteiger partial charge in [0, 0.05) is 10.9 Å². The van der Waals surface area contributed by atoms with Crippen molar-refractivity contribution in [2.24, 2.45) is 0 Å². The van der Waals surface area contributed by atoms with Gasteiger partial charge in [-0.15, -0.1) is 10.2 Å². The number of aromatic nitrogens is 3. The van der Waals surface area contributed by atoms with Crippen molar-refractivity contribution >= 4 is 10.9 Å². The third-order valence-corrected chi connectivity index (χ3v) is 2.12. The highest BCUT2D eigenvalue weighted by Gasteiger charge is 2.06. The fourth-order valence-corrected chi connectivity index (χ4v) is 1.48.